The molecule has 1 aromatic rings. The van der Waals surface area contributed by atoms with E-state index in [-0.39, 0.29) is 26.6 Å². The summed E-state index contributed by atoms with van der Waals surface area (Å²) in [7, 11) is -2.99. The molecule has 12 heteroatoms. The maximum atomic E-state index is 13.3. The van der Waals surface area contributed by atoms with Gasteiger partial charge in [0.15, 0.2) is 0 Å². The molecule has 1 rings (SSSR count). The van der Waals surface area contributed by atoms with Crippen LogP contribution in [0.3, 0.4) is 0 Å². The number of benzene rings is 1. The summed E-state index contributed by atoms with van der Waals surface area (Å²) in [5.74, 6) is 0. The predicted octanol–water partition coefficient (Wildman–Crippen LogP) is 6.54. The summed E-state index contributed by atoms with van der Waals surface area (Å²) < 4.78 is 50.3. The molecule has 0 aromatic heterocycles. The van der Waals surface area contributed by atoms with Gasteiger partial charge in [-0.2, -0.15) is 8.42 Å². The molecule has 0 saturated carbocycles. The van der Waals surface area contributed by atoms with Crippen molar-refractivity contribution in [1.82, 2.24) is 0 Å². The molecule has 0 N–H and O–H groups in total. The molecule has 0 spiro atoms. The third kappa shape index (κ3) is 11.8. The summed E-state index contributed by atoms with van der Waals surface area (Å²) in [5.41, 5.74) is 0. The molecule has 0 aliphatic heterocycles. The van der Waals surface area contributed by atoms with E-state index in [1.54, 1.807) is 0 Å². The zero-order valence-electron chi connectivity index (χ0n) is 21.4. The van der Waals surface area contributed by atoms with Crippen LogP contribution >= 0.6 is 34.8 Å². The molecule has 1 aromatic carbocycles. The van der Waals surface area contributed by atoms with Gasteiger partial charge in [0.2, 0.25) is 0 Å². The van der Waals surface area contributed by atoms with Gasteiger partial charge < -0.3 is 19.0 Å². The second-order valence-corrected chi connectivity index (χ2v) is 10.8. The molecular formula is C24H38Cl3NO7S. The Kier molecular flexibility index (Phi) is 17.2. The SMILES string of the molecule is CCCCOC[C@@H](OS(=O)(=O)c1cc(Cl)c(Cl)cc1Cl)[C@@H](OCCCC)[C@H](C=NOC)OCCCC. The topological polar surface area (TPSA) is 92.7 Å². The van der Waals surface area contributed by atoms with Gasteiger partial charge in [-0.25, -0.2) is 0 Å². The van der Waals surface area contributed by atoms with Crippen molar-refractivity contribution in [2.75, 3.05) is 33.5 Å². The van der Waals surface area contributed by atoms with Crippen molar-refractivity contribution in [2.24, 2.45) is 5.16 Å². The second kappa shape index (κ2) is 18.6. The maximum Gasteiger partial charge on any atom is 0.298 e. The van der Waals surface area contributed by atoms with Crippen molar-refractivity contribution in [3.05, 3.63) is 27.2 Å². The number of nitrogens with zero attached hydrogens (tertiary/aromatic N) is 1. The fraction of sp³-hybridized carbons (Fsp3) is 0.708. The lowest BCUT2D eigenvalue weighted by atomic mass is 10.1. The molecule has 0 radical (unpaired) electrons. The molecule has 0 amide bonds. The molecule has 208 valence electrons. The van der Waals surface area contributed by atoms with Gasteiger partial charge in [0.25, 0.3) is 10.1 Å². The molecular weight excluding hydrogens is 553 g/mol. The molecule has 0 bridgehead atoms. The van der Waals surface area contributed by atoms with Gasteiger partial charge in [-0.05, 0) is 31.4 Å². The van der Waals surface area contributed by atoms with E-state index in [9.17, 15) is 8.42 Å². The van der Waals surface area contributed by atoms with Crippen LogP contribution in [0.25, 0.3) is 0 Å². The van der Waals surface area contributed by atoms with E-state index in [0.29, 0.717) is 19.8 Å². The fourth-order valence-corrected chi connectivity index (χ4v) is 5.07. The first-order valence-electron chi connectivity index (χ1n) is 12.2. The molecule has 0 unspecified atom stereocenters. The van der Waals surface area contributed by atoms with Gasteiger partial charge in [0.05, 0.1) is 27.9 Å². The fourth-order valence-electron chi connectivity index (χ4n) is 3.02. The van der Waals surface area contributed by atoms with Crippen LogP contribution in [0.2, 0.25) is 15.1 Å². The van der Waals surface area contributed by atoms with E-state index in [1.165, 1.54) is 19.4 Å². The molecule has 0 aliphatic carbocycles. The first kappa shape index (κ1) is 33.4. The largest absolute Gasteiger partial charge is 0.399 e. The molecule has 8 nitrogen and oxygen atoms in total. The van der Waals surface area contributed by atoms with Crippen molar-refractivity contribution in [3.63, 3.8) is 0 Å². The summed E-state index contributed by atoms with van der Waals surface area (Å²) in [6.07, 6.45) is 3.82. The molecule has 36 heavy (non-hydrogen) atoms. The minimum absolute atomic E-state index is 0.0303. The summed E-state index contributed by atoms with van der Waals surface area (Å²) in [5, 5.41) is 3.89. The second-order valence-electron chi connectivity index (χ2n) is 8.03. The van der Waals surface area contributed by atoms with Gasteiger partial charge in [-0.3, -0.25) is 4.18 Å². The minimum atomic E-state index is -4.39. The highest BCUT2D eigenvalue weighted by Crippen LogP contribution is 2.33. The normalized spacial score (nSPS) is 14.8. The van der Waals surface area contributed by atoms with Gasteiger partial charge in [0.1, 0.15) is 30.3 Å². The van der Waals surface area contributed by atoms with Crippen LogP contribution < -0.4 is 0 Å². The smallest absolute Gasteiger partial charge is 0.298 e. The third-order valence-electron chi connectivity index (χ3n) is 5.04. The van der Waals surface area contributed by atoms with E-state index < -0.39 is 28.4 Å². The Labute approximate surface area is 230 Å². The highest BCUT2D eigenvalue weighted by Gasteiger charge is 2.36. The van der Waals surface area contributed by atoms with E-state index in [0.717, 1.165) is 44.6 Å². The van der Waals surface area contributed by atoms with E-state index >= 15 is 0 Å². The van der Waals surface area contributed by atoms with Crippen molar-refractivity contribution < 1.29 is 31.6 Å². The van der Waals surface area contributed by atoms with Crippen molar-refractivity contribution >= 4 is 51.1 Å². The first-order chi connectivity index (χ1) is 17.2. The number of hydrogen-bond acceptors (Lipinski definition) is 8. The summed E-state index contributed by atoms with van der Waals surface area (Å²) >= 11 is 18.2. The van der Waals surface area contributed by atoms with Gasteiger partial charge in [0, 0.05) is 19.8 Å². The quantitative estimate of drug-likeness (QED) is 0.0560. The average Bonchev–Trinajstić information content (AvgIpc) is 2.83. The first-order valence-corrected chi connectivity index (χ1v) is 14.7. The average molecular weight is 591 g/mol. The van der Waals surface area contributed by atoms with Crippen LogP contribution in [0.1, 0.15) is 59.3 Å². The molecule has 0 fully saturated rings. The Bertz CT molecular complexity index is 887. The maximum absolute atomic E-state index is 13.3. The lowest BCUT2D eigenvalue weighted by Crippen LogP contribution is -2.47. The van der Waals surface area contributed by atoms with E-state index in [4.69, 9.17) is 58.0 Å². The monoisotopic (exact) mass is 589 g/mol. The zero-order chi connectivity index (χ0) is 27.0. The van der Waals surface area contributed by atoms with Crippen LogP contribution in [0.15, 0.2) is 22.2 Å². The molecule has 3 atom stereocenters. The zero-order valence-corrected chi connectivity index (χ0v) is 24.5. The van der Waals surface area contributed by atoms with E-state index in [1.807, 2.05) is 20.8 Å². The van der Waals surface area contributed by atoms with Gasteiger partial charge in [-0.1, -0.05) is 80.0 Å². The number of oxime groups is 1. The standard InChI is InChI=1S/C24H38Cl3NO7S/c1-5-8-11-32-17-22(35-36(29,30)23-15-19(26)18(25)14-20(23)27)24(34-13-10-7-3)21(16-28-31-4)33-12-9-6-2/h14-16,21-22,24H,5-13,17H2,1-4H3/t21-,22+,24-/m0/s1. The van der Waals surface area contributed by atoms with Crippen molar-refractivity contribution in [2.45, 2.75) is 82.5 Å². The summed E-state index contributed by atoms with van der Waals surface area (Å²) in [4.78, 5) is 4.55. The van der Waals surface area contributed by atoms with Crippen LogP contribution in [0, 0.1) is 0 Å². The Hall–Kier alpha value is -0.650. The lowest BCUT2D eigenvalue weighted by molar-refractivity contribution is -0.109. The Balaban J connectivity index is 3.39. The summed E-state index contributed by atoms with van der Waals surface area (Å²) in [6, 6.07) is 2.41. The third-order valence-corrected chi connectivity index (χ3v) is 7.56. The van der Waals surface area contributed by atoms with Crippen molar-refractivity contribution in [1.29, 1.82) is 0 Å². The number of halogens is 3. The summed E-state index contributed by atoms with van der Waals surface area (Å²) in [6.45, 7) is 7.24. The minimum Gasteiger partial charge on any atom is -0.399 e. The highest BCUT2D eigenvalue weighted by atomic mass is 35.5. The molecule has 0 saturated heterocycles. The van der Waals surface area contributed by atoms with Crippen LogP contribution in [-0.4, -0.2) is 66.5 Å². The van der Waals surface area contributed by atoms with Crippen molar-refractivity contribution in [3.8, 4) is 0 Å². The van der Waals surface area contributed by atoms with Crippen LogP contribution in [0.4, 0.5) is 0 Å². The Morgan fingerprint density at radius 2 is 1.47 bits per heavy atom. The highest BCUT2D eigenvalue weighted by molar-refractivity contribution is 7.87. The number of unbranched alkanes of at least 4 members (excludes halogenated alkanes) is 3. The number of rotatable bonds is 20. The predicted molar refractivity (Wildman–Crippen MR) is 144 cm³/mol. The molecule has 0 heterocycles. The Morgan fingerprint density at radius 3 is 2.08 bits per heavy atom. The number of ether oxygens (including phenoxy) is 3. The van der Waals surface area contributed by atoms with Crippen LogP contribution in [-0.2, 0) is 33.3 Å². The number of hydrogen-bond donors (Lipinski definition) is 0. The lowest BCUT2D eigenvalue weighted by Gasteiger charge is -2.31. The van der Waals surface area contributed by atoms with Gasteiger partial charge in [-0.15, -0.1) is 0 Å². The van der Waals surface area contributed by atoms with Crippen LogP contribution in [0.5, 0.6) is 0 Å². The molecule has 0 aliphatic rings. The van der Waals surface area contributed by atoms with E-state index in [2.05, 4.69) is 5.16 Å². The Morgan fingerprint density at radius 1 is 0.889 bits per heavy atom. The van der Waals surface area contributed by atoms with Gasteiger partial charge >= 0.3 is 0 Å².